The topological polar surface area (TPSA) is 53.6 Å². The van der Waals surface area contributed by atoms with Crippen molar-refractivity contribution < 1.29 is 0 Å². The number of aromatic nitrogens is 3. The molecule has 2 heterocycles. The van der Waals surface area contributed by atoms with Crippen molar-refractivity contribution >= 4 is 0 Å². The first-order valence-electron chi connectivity index (χ1n) is 6.02. The van der Waals surface area contributed by atoms with Crippen molar-refractivity contribution in [3.63, 3.8) is 0 Å². The fourth-order valence-electron chi connectivity index (χ4n) is 2.19. The van der Waals surface area contributed by atoms with Gasteiger partial charge < -0.3 is 5.32 Å². The summed E-state index contributed by atoms with van der Waals surface area (Å²) in [6.45, 7) is 0.854. The molecule has 88 valence electrons. The molecule has 4 heteroatoms. The van der Waals surface area contributed by atoms with Crippen LogP contribution in [0.1, 0.15) is 30.0 Å². The third-order valence-electron chi connectivity index (χ3n) is 3.17. The molecule has 1 saturated carbocycles. The Morgan fingerprint density at radius 3 is 3.00 bits per heavy atom. The zero-order valence-electron chi connectivity index (χ0n) is 9.90. The van der Waals surface area contributed by atoms with Crippen LogP contribution < -0.4 is 5.32 Å². The van der Waals surface area contributed by atoms with E-state index in [2.05, 4.69) is 26.6 Å². The van der Waals surface area contributed by atoms with E-state index in [9.17, 15) is 0 Å². The molecule has 0 saturated heterocycles. The number of hydrogen-bond donors (Lipinski definition) is 2. The lowest BCUT2D eigenvalue weighted by Gasteiger charge is -2.04. The highest BCUT2D eigenvalue weighted by Crippen LogP contribution is 2.42. The minimum atomic E-state index is 0.691. The van der Waals surface area contributed by atoms with Crippen molar-refractivity contribution in [3.05, 3.63) is 35.8 Å². The number of hydrogen-bond acceptors (Lipinski definition) is 3. The molecule has 0 aromatic carbocycles. The first-order chi connectivity index (χ1) is 8.40. The van der Waals surface area contributed by atoms with E-state index in [4.69, 9.17) is 0 Å². The minimum absolute atomic E-state index is 0.691. The van der Waals surface area contributed by atoms with Crippen molar-refractivity contribution in [2.45, 2.75) is 25.3 Å². The van der Waals surface area contributed by atoms with Crippen molar-refractivity contribution in [3.8, 4) is 11.3 Å². The van der Waals surface area contributed by atoms with Gasteiger partial charge in [0.05, 0.1) is 5.69 Å². The Bertz CT molecular complexity index is 499. The third-order valence-corrected chi connectivity index (χ3v) is 3.17. The Hall–Kier alpha value is -1.68. The second-order valence-electron chi connectivity index (χ2n) is 4.51. The van der Waals surface area contributed by atoms with Gasteiger partial charge in [0.2, 0.25) is 0 Å². The Kier molecular flexibility index (Phi) is 2.65. The van der Waals surface area contributed by atoms with E-state index in [0.717, 1.165) is 17.8 Å². The maximum Gasteiger partial charge on any atom is 0.0984 e. The van der Waals surface area contributed by atoms with E-state index < -0.39 is 0 Å². The summed E-state index contributed by atoms with van der Waals surface area (Å²) in [6.07, 6.45) is 6.22. The van der Waals surface area contributed by atoms with Crippen molar-refractivity contribution in [1.29, 1.82) is 0 Å². The molecule has 17 heavy (non-hydrogen) atoms. The van der Waals surface area contributed by atoms with Crippen LogP contribution in [0, 0.1) is 0 Å². The molecule has 1 fully saturated rings. The van der Waals surface area contributed by atoms with Crippen LogP contribution in [0.2, 0.25) is 0 Å². The molecule has 1 aliphatic carbocycles. The quantitative estimate of drug-likeness (QED) is 0.842. The second-order valence-corrected chi connectivity index (χ2v) is 4.51. The molecule has 0 unspecified atom stereocenters. The average molecular weight is 228 g/mol. The van der Waals surface area contributed by atoms with Crippen LogP contribution in [-0.2, 0) is 6.54 Å². The van der Waals surface area contributed by atoms with Gasteiger partial charge >= 0.3 is 0 Å². The van der Waals surface area contributed by atoms with Crippen LogP contribution in [0.5, 0.6) is 0 Å². The summed E-state index contributed by atoms with van der Waals surface area (Å²) in [5.41, 5.74) is 4.72. The van der Waals surface area contributed by atoms with Crippen LogP contribution >= 0.6 is 0 Å². The molecule has 4 nitrogen and oxygen atoms in total. The van der Waals surface area contributed by atoms with Crippen LogP contribution in [0.4, 0.5) is 0 Å². The van der Waals surface area contributed by atoms with E-state index in [0.29, 0.717) is 5.92 Å². The van der Waals surface area contributed by atoms with Gasteiger partial charge in [0.15, 0.2) is 0 Å². The van der Waals surface area contributed by atoms with Crippen molar-refractivity contribution in [2.75, 3.05) is 7.05 Å². The summed E-state index contributed by atoms with van der Waals surface area (Å²) in [5.74, 6) is 0.691. The molecule has 0 bridgehead atoms. The van der Waals surface area contributed by atoms with Crippen LogP contribution in [-0.4, -0.2) is 22.2 Å². The fraction of sp³-hybridized carbons (Fsp3) is 0.385. The Labute approximate surface area is 100 Å². The average Bonchev–Trinajstić information content (AvgIpc) is 3.13. The molecule has 2 N–H and O–H groups in total. The normalized spacial score (nSPS) is 15.1. The lowest BCUT2D eigenvalue weighted by molar-refractivity contribution is 0.803. The number of rotatable bonds is 4. The van der Waals surface area contributed by atoms with E-state index in [1.807, 2.05) is 19.3 Å². The van der Waals surface area contributed by atoms with Crippen molar-refractivity contribution in [2.24, 2.45) is 0 Å². The minimum Gasteiger partial charge on any atom is -0.316 e. The number of nitrogens with one attached hydrogen (secondary N) is 2. The van der Waals surface area contributed by atoms with Crippen molar-refractivity contribution in [1.82, 2.24) is 20.5 Å². The third kappa shape index (κ3) is 1.96. The highest BCUT2D eigenvalue weighted by atomic mass is 15.1. The number of nitrogens with zero attached hydrogens (tertiary/aromatic N) is 2. The molecular weight excluding hydrogens is 212 g/mol. The molecule has 0 aliphatic heterocycles. The van der Waals surface area contributed by atoms with Gasteiger partial charge in [-0.15, -0.1) is 0 Å². The SMILES string of the molecule is CNCc1c(-c2cccnc2)n[nH]c1C1CC1. The summed E-state index contributed by atoms with van der Waals surface area (Å²) < 4.78 is 0. The summed E-state index contributed by atoms with van der Waals surface area (Å²) in [4.78, 5) is 4.16. The first-order valence-corrected chi connectivity index (χ1v) is 6.02. The molecule has 1 aliphatic rings. The van der Waals surface area contributed by atoms with Gasteiger partial charge in [-0.3, -0.25) is 10.1 Å². The molecule has 3 rings (SSSR count). The largest absolute Gasteiger partial charge is 0.316 e. The maximum absolute atomic E-state index is 4.46. The molecule has 2 aromatic rings. The van der Waals surface area contributed by atoms with Gasteiger partial charge in [-0.25, -0.2) is 0 Å². The van der Waals surface area contributed by atoms with E-state index in [1.54, 1.807) is 6.20 Å². The summed E-state index contributed by atoms with van der Waals surface area (Å²) in [6, 6.07) is 4.00. The summed E-state index contributed by atoms with van der Waals surface area (Å²) in [5, 5.41) is 10.9. The van der Waals surface area contributed by atoms with E-state index in [1.165, 1.54) is 24.1 Å². The second kappa shape index (κ2) is 4.30. The van der Waals surface area contributed by atoms with Gasteiger partial charge in [-0.1, -0.05) is 0 Å². The van der Waals surface area contributed by atoms with Gasteiger partial charge in [-0.05, 0) is 32.0 Å². The Morgan fingerprint density at radius 2 is 2.35 bits per heavy atom. The van der Waals surface area contributed by atoms with Gasteiger partial charge in [0, 0.05) is 41.7 Å². The highest BCUT2D eigenvalue weighted by Gasteiger charge is 2.29. The zero-order chi connectivity index (χ0) is 11.7. The predicted molar refractivity (Wildman–Crippen MR) is 66.6 cm³/mol. The fourth-order valence-corrected chi connectivity index (χ4v) is 2.19. The lowest BCUT2D eigenvalue weighted by Crippen LogP contribution is -2.07. The maximum atomic E-state index is 4.46. The van der Waals surface area contributed by atoms with Crippen LogP contribution in [0.15, 0.2) is 24.5 Å². The number of aromatic amines is 1. The van der Waals surface area contributed by atoms with Gasteiger partial charge in [0.25, 0.3) is 0 Å². The van der Waals surface area contributed by atoms with E-state index >= 15 is 0 Å². The molecule has 0 radical (unpaired) electrons. The molecule has 0 atom stereocenters. The summed E-state index contributed by atoms with van der Waals surface area (Å²) >= 11 is 0. The standard InChI is InChI=1S/C13H16N4/c1-14-8-11-12(9-4-5-9)16-17-13(11)10-3-2-6-15-7-10/h2-3,6-7,9,14H,4-5,8H2,1H3,(H,16,17). The van der Waals surface area contributed by atoms with Crippen LogP contribution in [0.3, 0.4) is 0 Å². The Balaban J connectivity index is 2.04. The first kappa shape index (κ1) is 10.5. The van der Waals surface area contributed by atoms with Crippen LogP contribution in [0.25, 0.3) is 11.3 Å². The van der Waals surface area contributed by atoms with E-state index in [-0.39, 0.29) is 0 Å². The number of H-pyrrole nitrogens is 1. The zero-order valence-corrected chi connectivity index (χ0v) is 9.90. The lowest BCUT2D eigenvalue weighted by atomic mass is 10.1. The molecule has 0 spiro atoms. The number of pyridine rings is 1. The molecule has 2 aromatic heterocycles. The molecular formula is C13H16N4. The highest BCUT2D eigenvalue weighted by molar-refractivity contribution is 5.63. The smallest absolute Gasteiger partial charge is 0.0984 e. The van der Waals surface area contributed by atoms with Gasteiger partial charge in [0.1, 0.15) is 0 Å². The predicted octanol–water partition coefficient (Wildman–Crippen LogP) is 2.07. The van der Waals surface area contributed by atoms with Gasteiger partial charge in [-0.2, -0.15) is 5.10 Å². The summed E-state index contributed by atoms with van der Waals surface area (Å²) in [7, 11) is 1.97. The molecule has 0 amide bonds. The monoisotopic (exact) mass is 228 g/mol. The Morgan fingerprint density at radius 1 is 1.47 bits per heavy atom.